The predicted molar refractivity (Wildman–Crippen MR) is 130 cm³/mol. The Balaban J connectivity index is 1.23. The van der Waals surface area contributed by atoms with E-state index in [0.29, 0.717) is 0 Å². The van der Waals surface area contributed by atoms with E-state index in [4.69, 9.17) is 0 Å². The number of carbonyl (C=O) groups is 1. The molecule has 0 bridgehead atoms. The first-order valence-electron chi connectivity index (χ1n) is 11.2. The number of hydrazine groups is 2. The van der Waals surface area contributed by atoms with Gasteiger partial charge in [0.2, 0.25) is 0 Å². The molecule has 2 amide bonds. The minimum Gasteiger partial charge on any atom is -0.308 e. The number of hydrogen-bond acceptors (Lipinski definition) is 6. The van der Waals surface area contributed by atoms with E-state index in [1.807, 2.05) is 60.5 Å². The van der Waals surface area contributed by atoms with Gasteiger partial charge < -0.3 is 25.9 Å². The summed E-state index contributed by atoms with van der Waals surface area (Å²) in [7, 11) is 2.19. The zero-order valence-electron chi connectivity index (χ0n) is 18.9. The number of benzene rings is 2. The Morgan fingerprint density at radius 3 is 2.50 bits per heavy atom. The minimum absolute atomic E-state index is 0.254. The Kier molecular flexibility index (Phi) is 7.26. The summed E-state index contributed by atoms with van der Waals surface area (Å²) in [5, 5.41) is 7.72. The molecular weight excluding hydrogens is 402 g/mol. The standard InChI is InChI=1S/C24H33N7O/c1-19-6-3-4-8-23(19)26-24(32)25-20-9-11-22(12-10-20)31-18-21(27-28-31)7-5-13-30-16-14-29(2)15-17-30/h3-4,6,8-12,18,27-28H,5,7,13-17H2,1-2H3,(H2,25,26,32). The Labute approximate surface area is 190 Å². The molecule has 0 aliphatic carbocycles. The van der Waals surface area contributed by atoms with E-state index in [2.05, 4.69) is 44.6 Å². The van der Waals surface area contributed by atoms with Crippen molar-refractivity contribution in [1.29, 1.82) is 0 Å². The van der Waals surface area contributed by atoms with Gasteiger partial charge in [-0.2, -0.15) is 0 Å². The highest BCUT2D eigenvalue weighted by molar-refractivity contribution is 6.00. The fourth-order valence-electron chi connectivity index (χ4n) is 3.89. The van der Waals surface area contributed by atoms with Crippen LogP contribution in [0, 0.1) is 6.92 Å². The van der Waals surface area contributed by atoms with Crippen molar-refractivity contribution in [1.82, 2.24) is 20.8 Å². The van der Waals surface area contributed by atoms with E-state index in [9.17, 15) is 4.79 Å². The van der Waals surface area contributed by atoms with Gasteiger partial charge in [0, 0.05) is 49.5 Å². The van der Waals surface area contributed by atoms with Crippen LogP contribution in [0.15, 0.2) is 60.4 Å². The van der Waals surface area contributed by atoms with Crippen LogP contribution in [0.25, 0.3) is 0 Å². The molecule has 0 aromatic heterocycles. The molecule has 8 nitrogen and oxygen atoms in total. The van der Waals surface area contributed by atoms with Gasteiger partial charge in [0.25, 0.3) is 0 Å². The second kappa shape index (κ2) is 10.5. The molecular formula is C24H33N7O. The lowest BCUT2D eigenvalue weighted by molar-refractivity contribution is 0.153. The van der Waals surface area contributed by atoms with E-state index < -0.39 is 0 Å². The van der Waals surface area contributed by atoms with Crippen LogP contribution in [0.2, 0.25) is 0 Å². The Morgan fingerprint density at radius 1 is 1.00 bits per heavy atom. The van der Waals surface area contributed by atoms with E-state index in [1.54, 1.807) is 0 Å². The first kappa shape index (κ1) is 22.1. The van der Waals surface area contributed by atoms with Gasteiger partial charge in [-0.25, -0.2) is 4.79 Å². The maximum atomic E-state index is 12.3. The zero-order valence-corrected chi connectivity index (χ0v) is 18.9. The number of likely N-dealkylation sites (N-methyl/N-ethyl adjacent to an activating group) is 1. The van der Waals surface area contributed by atoms with Crippen molar-refractivity contribution >= 4 is 23.1 Å². The monoisotopic (exact) mass is 435 g/mol. The van der Waals surface area contributed by atoms with E-state index >= 15 is 0 Å². The van der Waals surface area contributed by atoms with Gasteiger partial charge in [-0.15, -0.1) is 5.53 Å². The molecule has 1 fully saturated rings. The Hall–Kier alpha value is -3.07. The predicted octanol–water partition coefficient (Wildman–Crippen LogP) is 3.34. The van der Waals surface area contributed by atoms with Crippen LogP contribution in [0.5, 0.6) is 0 Å². The first-order chi connectivity index (χ1) is 15.6. The highest BCUT2D eigenvalue weighted by Gasteiger charge is 2.16. The number of nitrogens with zero attached hydrogens (tertiary/aromatic N) is 3. The molecule has 8 heteroatoms. The van der Waals surface area contributed by atoms with Gasteiger partial charge in [0.15, 0.2) is 0 Å². The molecule has 2 aliphatic heterocycles. The number of aryl methyl sites for hydroxylation is 1. The molecule has 2 aromatic rings. The van der Waals surface area contributed by atoms with Gasteiger partial charge in [-0.3, -0.25) is 5.01 Å². The fraction of sp³-hybridized carbons (Fsp3) is 0.375. The number of para-hydroxylation sites is 1. The molecule has 0 atom stereocenters. The fourth-order valence-corrected chi connectivity index (χ4v) is 3.89. The highest BCUT2D eigenvalue weighted by atomic mass is 16.2. The summed E-state index contributed by atoms with van der Waals surface area (Å²) < 4.78 is 0. The molecule has 4 N–H and O–H groups in total. The smallest absolute Gasteiger partial charge is 0.308 e. The molecule has 4 rings (SSSR count). The second-order valence-electron chi connectivity index (χ2n) is 8.45. The number of urea groups is 1. The lowest BCUT2D eigenvalue weighted by Crippen LogP contribution is -2.44. The summed E-state index contributed by atoms with van der Waals surface area (Å²) in [4.78, 5) is 17.2. The summed E-state index contributed by atoms with van der Waals surface area (Å²) >= 11 is 0. The van der Waals surface area contributed by atoms with Crippen molar-refractivity contribution in [2.75, 3.05) is 55.4 Å². The summed E-state index contributed by atoms with van der Waals surface area (Å²) in [6, 6.07) is 15.2. The third-order valence-electron chi connectivity index (χ3n) is 5.93. The molecule has 2 aromatic carbocycles. The van der Waals surface area contributed by atoms with Crippen molar-refractivity contribution in [3.05, 3.63) is 66.0 Å². The topological polar surface area (TPSA) is 74.9 Å². The number of hydrogen-bond donors (Lipinski definition) is 4. The number of piperazine rings is 1. The lowest BCUT2D eigenvalue weighted by Gasteiger charge is -2.32. The van der Waals surface area contributed by atoms with Crippen molar-refractivity contribution in [3.63, 3.8) is 0 Å². The molecule has 0 radical (unpaired) electrons. The average molecular weight is 436 g/mol. The van der Waals surface area contributed by atoms with Crippen molar-refractivity contribution in [2.24, 2.45) is 0 Å². The number of nitrogens with one attached hydrogen (secondary N) is 4. The summed E-state index contributed by atoms with van der Waals surface area (Å²) in [6.45, 7) is 7.75. The Morgan fingerprint density at radius 2 is 1.75 bits per heavy atom. The van der Waals surface area contributed by atoms with Gasteiger partial charge in [-0.05, 0) is 69.3 Å². The Bertz CT molecular complexity index is 936. The van der Waals surface area contributed by atoms with Gasteiger partial charge in [-0.1, -0.05) is 18.2 Å². The van der Waals surface area contributed by atoms with Crippen molar-refractivity contribution in [3.8, 4) is 0 Å². The molecule has 0 spiro atoms. The SMILES string of the molecule is Cc1ccccc1NC(=O)Nc1ccc(N2C=C(CCCN3CCN(C)CC3)NN2)cc1. The first-order valence-corrected chi connectivity index (χ1v) is 11.2. The molecule has 0 unspecified atom stereocenters. The summed E-state index contributed by atoms with van der Waals surface area (Å²) in [5.74, 6) is 0. The maximum Gasteiger partial charge on any atom is 0.323 e. The van der Waals surface area contributed by atoms with Gasteiger partial charge >= 0.3 is 6.03 Å². The van der Waals surface area contributed by atoms with E-state index in [1.165, 1.54) is 5.70 Å². The van der Waals surface area contributed by atoms with Crippen LogP contribution < -0.4 is 26.6 Å². The quantitative estimate of drug-likeness (QED) is 0.535. The third-order valence-corrected chi connectivity index (χ3v) is 5.93. The van der Waals surface area contributed by atoms with Crippen LogP contribution in [0.4, 0.5) is 21.9 Å². The largest absolute Gasteiger partial charge is 0.323 e. The molecule has 32 heavy (non-hydrogen) atoms. The second-order valence-corrected chi connectivity index (χ2v) is 8.45. The van der Waals surface area contributed by atoms with Gasteiger partial charge in [0.05, 0.1) is 5.69 Å². The normalized spacial score (nSPS) is 17.1. The van der Waals surface area contributed by atoms with Crippen molar-refractivity contribution in [2.45, 2.75) is 19.8 Å². The number of rotatable bonds is 7. The van der Waals surface area contributed by atoms with Crippen LogP contribution >= 0.6 is 0 Å². The molecule has 2 aliphatic rings. The summed E-state index contributed by atoms with van der Waals surface area (Å²) in [6.07, 6.45) is 4.24. The summed E-state index contributed by atoms with van der Waals surface area (Å²) in [5.41, 5.74) is 11.2. The zero-order chi connectivity index (χ0) is 22.3. The van der Waals surface area contributed by atoms with E-state index in [0.717, 1.165) is 68.2 Å². The third kappa shape index (κ3) is 6.00. The van der Waals surface area contributed by atoms with Crippen LogP contribution in [0.1, 0.15) is 18.4 Å². The molecule has 170 valence electrons. The number of allylic oxidation sites excluding steroid dienone is 1. The van der Waals surface area contributed by atoms with Crippen LogP contribution in [-0.2, 0) is 0 Å². The van der Waals surface area contributed by atoms with Crippen LogP contribution in [0.3, 0.4) is 0 Å². The lowest BCUT2D eigenvalue weighted by atomic mass is 10.2. The van der Waals surface area contributed by atoms with Gasteiger partial charge in [0.1, 0.15) is 0 Å². The highest BCUT2D eigenvalue weighted by Crippen LogP contribution is 2.21. The van der Waals surface area contributed by atoms with Crippen LogP contribution in [-0.4, -0.2) is 55.6 Å². The van der Waals surface area contributed by atoms with Crippen molar-refractivity contribution < 1.29 is 4.79 Å². The minimum atomic E-state index is -0.254. The molecule has 2 heterocycles. The number of carbonyl (C=O) groups excluding carboxylic acids is 1. The van der Waals surface area contributed by atoms with E-state index in [-0.39, 0.29) is 6.03 Å². The average Bonchev–Trinajstić information content (AvgIpc) is 3.26. The number of amides is 2. The number of anilines is 3. The maximum absolute atomic E-state index is 12.3. The molecule has 1 saturated heterocycles. The molecule has 0 saturated carbocycles.